The number of rotatable bonds is 7. The summed E-state index contributed by atoms with van der Waals surface area (Å²) >= 11 is 0. The van der Waals surface area contributed by atoms with Gasteiger partial charge in [0.05, 0.1) is 17.0 Å². The monoisotopic (exact) mass is 471 g/mol. The molecule has 0 amide bonds. The summed E-state index contributed by atoms with van der Waals surface area (Å²) < 4.78 is 26.8. The van der Waals surface area contributed by atoms with Gasteiger partial charge in [-0.25, -0.2) is 13.4 Å². The van der Waals surface area contributed by atoms with Crippen LogP contribution in [0.15, 0.2) is 73.1 Å². The van der Waals surface area contributed by atoms with Gasteiger partial charge < -0.3 is 10.3 Å². The fourth-order valence-corrected chi connectivity index (χ4v) is 4.75. The van der Waals surface area contributed by atoms with Gasteiger partial charge in [0.1, 0.15) is 0 Å². The van der Waals surface area contributed by atoms with Gasteiger partial charge in [-0.15, -0.1) is 0 Å². The van der Waals surface area contributed by atoms with Gasteiger partial charge in [-0.1, -0.05) is 24.3 Å². The highest BCUT2D eigenvalue weighted by Crippen LogP contribution is 2.36. The van der Waals surface area contributed by atoms with E-state index in [9.17, 15) is 8.42 Å². The number of hydrogen-bond acceptors (Lipinski definition) is 5. The zero-order valence-corrected chi connectivity index (χ0v) is 19.8. The Kier molecular flexibility index (Phi) is 5.67. The number of H-pyrrole nitrogens is 1. The van der Waals surface area contributed by atoms with Crippen LogP contribution in [0.1, 0.15) is 18.2 Å². The highest BCUT2D eigenvalue weighted by molar-refractivity contribution is 7.92. The molecule has 172 valence electrons. The Bertz CT molecular complexity index is 1590. The molecule has 0 radical (unpaired) electrons. The van der Waals surface area contributed by atoms with E-state index in [1.54, 1.807) is 19.2 Å². The third-order valence-corrected chi connectivity index (χ3v) is 7.12. The van der Waals surface area contributed by atoms with E-state index >= 15 is 0 Å². The van der Waals surface area contributed by atoms with Crippen LogP contribution in [0.3, 0.4) is 0 Å². The van der Waals surface area contributed by atoms with Crippen molar-refractivity contribution in [3.63, 3.8) is 0 Å². The summed E-state index contributed by atoms with van der Waals surface area (Å²) in [6.45, 7) is 4.26. The molecule has 0 unspecified atom stereocenters. The van der Waals surface area contributed by atoms with Crippen molar-refractivity contribution < 1.29 is 8.42 Å². The second-order valence-electron chi connectivity index (χ2n) is 8.18. The number of para-hydroxylation sites is 1. The van der Waals surface area contributed by atoms with Crippen LogP contribution in [-0.4, -0.2) is 29.1 Å². The SMILES string of the molecule is CCS(=O)(=O)Nc1ccc2[nH]c(C)c(-c3cc(NCc4cccnc4)c4ccccc4n3)c2c1. The second-order valence-corrected chi connectivity index (χ2v) is 10.2. The smallest absolute Gasteiger partial charge is 0.232 e. The van der Waals surface area contributed by atoms with Crippen molar-refractivity contribution in [2.24, 2.45) is 0 Å². The van der Waals surface area contributed by atoms with Crippen molar-refractivity contribution in [2.75, 3.05) is 15.8 Å². The van der Waals surface area contributed by atoms with E-state index in [-0.39, 0.29) is 5.75 Å². The molecule has 0 bridgehead atoms. The van der Waals surface area contributed by atoms with E-state index in [1.165, 1.54) is 0 Å². The Morgan fingerprint density at radius 2 is 1.85 bits per heavy atom. The minimum Gasteiger partial charge on any atom is -0.380 e. The Morgan fingerprint density at radius 1 is 1.00 bits per heavy atom. The van der Waals surface area contributed by atoms with Crippen LogP contribution in [0.5, 0.6) is 0 Å². The average Bonchev–Trinajstić information content (AvgIpc) is 3.17. The first kappa shape index (κ1) is 21.9. The fraction of sp³-hybridized carbons (Fsp3) is 0.154. The summed E-state index contributed by atoms with van der Waals surface area (Å²) in [7, 11) is -3.37. The van der Waals surface area contributed by atoms with Gasteiger partial charge in [0, 0.05) is 57.9 Å². The number of nitrogens with one attached hydrogen (secondary N) is 3. The first-order chi connectivity index (χ1) is 16.4. The molecule has 3 aromatic heterocycles. The molecule has 0 aliphatic heterocycles. The van der Waals surface area contributed by atoms with E-state index in [0.717, 1.165) is 50.0 Å². The molecular formula is C26H25N5O2S. The van der Waals surface area contributed by atoms with E-state index in [4.69, 9.17) is 4.98 Å². The number of benzene rings is 2. The van der Waals surface area contributed by atoms with E-state index in [2.05, 4.69) is 32.1 Å². The normalized spacial score (nSPS) is 11.7. The van der Waals surface area contributed by atoms with Gasteiger partial charge in [-0.2, -0.15) is 0 Å². The number of aromatic amines is 1. The first-order valence-electron chi connectivity index (χ1n) is 11.1. The third kappa shape index (κ3) is 4.32. The lowest BCUT2D eigenvalue weighted by Crippen LogP contribution is -2.14. The molecule has 8 heteroatoms. The lowest BCUT2D eigenvalue weighted by molar-refractivity contribution is 0.602. The van der Waals surface area contributed by atoms with Crippen LogP contribution < -0.4 is 10.0 Å². The topological polar surface area (TPSA) is 99.8 Å². The molecule has 0 saturated carbocycles. The van der Waals surface area contributed by atoms with Crippen molar-refractivity contribution in [3.05, 3.63) is 84.3 Å². The average molecular weight is 472 g/mol. The van der Waals surface area contributed by atoms with Crippen molar-refractivity contribution in [1.29, 1.82) is 0 Å². The molecule has 5 aromatic rings. The second kappa shape index (κ2) is 8.79. The number of fused-ring (bicyclic) bond motifs is 2. The Balaban J connectivity index is 1.62. The molecular weight excluding hydrogens is 446 g/mol. The van der Waals surface area contributed by atoms with Crippen molar-refractivity contribution in [2.45, 2.75) is 20.4 Å². The number of nitrogens with zero attached hydrogens (tertiary/aromatic N) is 2. The van der Waals surface area contributed by atoms with Crippen LogP contribution in [0.25, 0.3) is 33.1 Å². The molecule has 0 aliphatic carbocycles. The Labute approximate surface area is 198 Å². The molecule has 0 aliphatic rings. The number of pyridine rings is 2. The zero-order valence-electron chi connectivity index (χ0n) is 19.0. The maximum absolute atomic E-state index is 12.1. The molecule has 3 heterocycles. The molecule has 3 N–H and O–H groups in total. The van der Waals surface area contributed by atoms with Gasteiger partial charge in [-0.3, -0.25) is 9.71 Å². The predicted molar refractivity (Wildman–Crippen MR) is 138 cm³/mol. The zero-order chi connectivity index (χ0) is 23.7. The van der Waals surface area contributed by atoms with Crippen LogP contribution in [-0.2, 0) is 16.6 Å². The lowest BCUT2D eigenvalue weighted by Gasteiger charge is -2.13. The van der Waals surface area contributed by atoms with E-state index in [0.29, 0.717) is 12.2 Å². The summed E-state index contributed by atoms with van der Waals surface area (Å²) in [6, 6.07) is 19.6. The summed E-state index contributed by atoms with van der Waals surface area (Å²) in [5.74, 6) is 0.0161. The number of aryl methyl sites for hydroxylation is 1. The van der Waals surface area contributed by atoms with E-state index in [1.807, 2.05) is 55.6 Å². The van der Waals surface area contributed by atoms with E-state index < -0.39 is 10.0 Å². The summed E-state index contributed by atoms with van der Waals surface area (Å²) in [5.41, 5.74) is 7.12. The van der Waals surface area contributed by atoms with Crippen LogP contribution >= 0.6 is 0 Å². The highest BCUT2D eigenvalue weighted by Gasteiger charge is 2.16. The molecule has 0 saturated heterocycles. The predicted octanol–water partition coefficient (Wildman–Crippen LogP) is 5.46. The molecule has 0 spiro atoms. The Hall–Kier alpha value is -3.91. The van der Waals surface area contributed by atoms with Gasteiger partial charge in [-0.05, 0) is 55.8 Å². The lowest BCUT2D eigenvalue weighted by atomic mass is 10.0. The summed E-state index contributed by atoms with van der Waals surface area (Å²) in [5, 5.41) is 5.49. The van der Waals surface area contributed by atoms with Gasteiger partial charge >= 0.3 is 0 Å². The van der Waals surface area contributed by atoms with Crippen molar-refractivity contribution in [1.82, 2.24) is 15.0 Å². The first-order valence-corrected chi connectivity index (χ1v) is 12.7. The van der Waals surface area contributed by atoms with Crippen molar-refractivity contribution in [3.8, 4) is 11.3 Å². The molecule has 7 nitrogen and oxygen atoms in total. The molecule has 5 rings (SSSR count). The Morgan fingerprint density at radius 3 is 2.65 bits per heavy atom. The molecule has 2 aromatic carbocycles. The van der Waals surface area contributed by atoms with Gasteiger partial charge in [0.2, 0.25) is 10.0 Å². The van der Waals surface area contributed by atoms with Crippen LogP contribution in [0.2, 0.25) is 0 Å². The maximum Gasteiger partial charge on any atom is 0.232 e. The number of aromatic nitrogens is 3. The minimum absolute atomic E-state index is 0.0161. The van der Waals surface area contributed by atoms with Gasteiger partial charge in [0.25, 0.3) is 0 Å². The largest absolute Gasteiger partial charge is 0.380 e. The van der Waals surface area contributed by atoms with Crippen LogP contribution in [0, 0.1) is 6.92 Å². The van der Waals surface area contributed by atoms with Crippen LogP contribution in [0.4, 0.5) is 11.4 Å². The maximum atomic E-state index is 12.1. The number of sulfonamides is 1. The molecule has 0 fully saturated rings. The molecule has 34 heavy (non-hydrogen) atoms. The highest BCUT2D eigenvalue weighted by atomic mass is 32.2. The summed E-state index contributed by atoms with van der Waals surface area (Å²) in [6.07, 6.45) is 3.61. The van der Waals surface area contributed by atoms with Crippen molar-refractivity contribution >= 4 is 43.2 Å². The molecule has 0 atom stereocenters. The minimum atomic E-state index is -3.37. The standard InChI is InChI=1S/C26H25N5O2S/c1-3-34(32,33)31-19-10-11-23-21(13-19)26(17(2)29-23)25-14-24(20-8-4-5-9-22(20)30-25)28-16-18-7-6-12-27-15-18/h4-15,29,31H,3,16H2,1-2H3,(H,28,30). The van der Waals surface area contributed by atoms with Gasteiger partial charge in [0.15, 0.2) is 0 Å². The fourth-order valence-electron chi connectivity index (χ4n) is 4.12. The third-order valence-electron chi connectivity index (χ3n) is 5.82. The number of anilines is 2. The quantitative estimate of drug-likeness (QED) is 0.293. The summed E-state index contributed by atoms with van der Waals surface area (Å²) in [4.78, 5) is 12.6. The number of hydrogen-bond donors (Lipinski definition) is 3.